The average Bonchev–Trinajstić information content (AvgIpc) is 2.77. The van der Waals surface area contributed by atoms with Gasteiger partial charge in [0.25, 0.3) is 0 Å². The fraction of sp³-hybridized carbons (Fsp3) is 0.172. The minimum absolute atomic E-state index is 0.215. The second kappa shape index (κ2) is 9.18. The number of benzene rings is 4. The summed E-state index contributed by atoms with van der Waals surface area (Å²) in [5.41, 5.74) is 6.68. The summed E-state index contributed by atoms with van der Waals surface area (Å²) in [5.74, 6) is 0.620. The van der Waals surface area contributed by atoms with E-state index < -0.39 is 0 Å². The van der Waals surface area contributed by atoms with Crippen LogP contribution in [0.3, 0.4) is 0 Å². The van der Waals surface area contributed by atoms with Gasteiger partial charge in [-0.25, -0.2) is 0 Å². The van der Waals surface area contributed by atoms with E-state index in [1.54, 1.807) is 0 Å². The van der Waals surface area contributed by atoms with Crippen LogP contribution in [0.4, 0.5) is 0 Å². The molecule has 0 fully saturated rings. The zero-order valence-corrected chi connectivity index (χ0v) is 18.2. The average molecular weight is 388 g/mol. The molecule has 0 saturated heterocycles. The Bertz CT molecular complexity index is 1140. The third kappa shape index (κ3) is 4.57. The van der Waals surface area contributed by atoms with Crippen LogP contribution >= 0.6 is 0 Å². The molecule has 0 aliphatic rings. The minimum Gasteiger partial charge on any atom is -0.0884 e. The molecular formula is C29H29B. The van der Waals surface area contributed by atoms with Gasteiger partial charge in [-0.15, -0.1) is 0 Å². The monoisotopic (exact) mass is 388 g/mol. The van der Waals surface area contributed by atoms with E-state index in [2.05, 4.69) is 124 Å². The molecular weight excluding hydrogens is 359 g/mol. The van der Waals surface area contributed by atoms with Crippen molar-refractivity contribution in [3.8, 4) is 0 Å². The third-order valence-electron chi connectivity index (χ3n) is 5.75. The van der Waals surface area contributed by atoms with Gasteiger partial charge in [0.2, 0.25) is 6.71 Å². The van der Waals surface area contributed by atoms with Crippen molar-refractivity contribution in [2.75, 3.05) is 0 Å². The van der Waals surface area contributed by atoms with Crippen molar-refractivity contribution in [2.45, 2.75) is 27.2 Å². The van der Waals surface area contributed by atoms with Crippen LogP contribution in [0, 0.1) is 12.8 Å². The highest BCUT2D eigenvalue weighted by molar-refractivity contribution is 6.99. The molecule has 0 N–H and O–H groups in total. The second-order valence-electron chi connectivity index (χ2n) is 8.61. The summed E-state index contributed by atoms with van der Waals surface area (Å²) in [7, 11) is 0. The van der Waals surface area contributed by atoms with Gasteiger partial charge in [-0.05, 0) is 41.7 Å². The van der Waals surface area contributed by atoms with Crippen LogP contribution in [-0.4, -0.2) is 6.71 Å². The molecule has 0 unspecified atom stereocenters. The van der Waals surface area contributed by atoms with Crippen molar-refractivity contribution >= 4 is 33.9 Å². The van der Waals surface area contributed by atoms with E-state index in [1.165, 1.54) is 38.3 Å². The molecule has 148 valence electrons. The molecule has 4 aromatic rings. The van der Waals surface area contributed by atoms with Crippen LogP contribution in [-0.2, 0) is 0 Å². The Kier molecular flexibility index (Phi) is 6.19. The number of rotatable bonds is 6. The van der Waals surface area contributed by atoms with Gasteiger partial charge < -0.3 is 0 Å². The Labute approximate surface area is 181 Å². The SMILES string of the molecule is Cc1ccc(B(/C(=C\CC(C)C)c2ccc3ccccc3c2)c2ccccc2)cc1. The molecule has 4 aromatic carbocycles. The third-order valence-corrected chi connectivity index (χ3v) is 5.75. The Morgan fingerprint density at radius 3 is 2.07 bits per heavy atom. The Morgan fingerprint density at radius 1 is 0.733 bits per heavy atom. The lowest BCUT2D eigenvalue weighted by atomic mass is 9.35. The zero-order valence-electron chi connectivity index (χ0n) is 18.2. The summed E-state index contributed by atoms with van der Waals surface area (Å²) in [5, 5.41) is 2.58. The summed E-state index contributed by atoms with van der Waals surface area (Å²) in [6, 6.07) is 35.5. The largest absolute Gasteiger partial charge is 0.241 e. The van der Waals surface area contributed by atoms with Crippen LogP contribution in [0.2, 0.25) is 0 Å². The first-order valence-electron chi connectivity index (χ1n) is 10.9. The summed E-state index contributed by atoms with van der Waals surface area (Å²) >= 11 is 0. The molecule has 0 saturated carbocycles. The first kappa shape index (κ1) is 20.2. The number of aryl methyl sites for hydroxylation is 1. The lowest BCUT2D eigenvalue weighted by molar-refractivity contribution is 0.665. The summed E-state index contributed by atoms with van der Waals surface area (Å²) < 4.78 is 0. The molecule has 0 heterocycles. The highest BCUT2D eigenvalue weighted by atomic mass is 14.1. The molecule has 0 bridgehead atoms. The van der Waals surface area contributed by atoms with Crippen LogP contribution in [0.5, 0.6) is 0 Å². The lowest BCUT2D eigenvalue weighted by Crippen LogP contribution is -2.43. The van der Waals surface area contributed by atoms with Crippen molar-refractivity contribution in [2.24, 2.45) is 5.92 Å². The first-order chi connectivity index (χ1) is 14.6. The molecule has 30 heavy (non-hydrogen) atoms. The van der Waals surface area contributed by atoms with Gasteiger partial charge in [0.05, 0.1) is 0 Å². The molecule has 0 amide bonds. The number of allylic oxidation sites excluding steroid dienone is 1. The van der Waals surface area contributed by atoms with Crippen molar-refractivity contribution in [1.29, 1.82) is 0 Å². The Balaban J connectivity index is 1.90. The highest BCUT2D eigenvalue weighted by Crippen LogP contribution is 2.25. The number of hydrogen-bond donors (Lipinski definition) is 0. The predicted molar refractivity (Wildman–Crippen MR) is 134 cm³/mol. The quantitative estimate of drug-likeness (QED) is 0.334. The van der Waals surface area contributed by atoms with Crippen molar-refractivity contribution in [1.82, 2.24) is 0 Å². The normalized spacial score (nSPS) is 11.8. The topological polar surface area (TPSA) is 0 Å². The van der Waals surface area contributed by atoms with E-state index in [0.717, 1.165) is 6.42 Å². The molecule has 0 aliphatic heterocycles. The van der Waals surface area contributed by atoms with Crippen LogP contribution in [0.15, 0.2) is 103 Å². The van der Waals surface area contributed by atoms with Crippen LogP contribution < -0.4 is 10.9 Å². The van der Waals surface area contributed by atoms with E-state index in [0.29, 0.717) is 5.92 Å². The van der Waals surface area contributed by atoms with Crippen LogP contribution in [0.25, 0.3) is 16.2 Å². The molecule has 0 aliphatic carbocycles. The predicted octanol–water partition coefficient (Wildman–Crippen LogP) is 6.43. The fourth-order valence-electron chi connectivity index (χ4n) is 4.09. The Morgan fingerprint density at radius 2 is 1.37 bits per heavy atom. The van der Waals surface area contributed by atoms with Crippen molar-refractivity contribution < 1.29 is 0 Å². The van der Waals surface area contributed by atoms with Gasteiger partial charge in [-0.3, -0.25) is 0 Å². The fourth-order valence-corrected chi connectivity index (χ4v) is 4.09. The van der Waals surface area contributed by atoms with E-state index in [1.807, 2.05) is 0 Å². The maximum absolute atomic E-state index is 2.46. The molecule has 0 nitrogen and oxygen atoms in total. The maximum Gasteiger partial charge on any atom is 0.241 e. The highest BCUT2D eigenvalue weighted by Gasteiger charge is 2.25. The first-order valence-corrected chi connectivity index (χ1v) is 10.9. The van der Waals surface area contributed by atoms with E-state index in [9.17, 15) is 0 Å². The van der Waals surface area contributed by atoms with Gasteiger partial charge >= 0.3 is 0 Å². The van der Waals surface area contributed by atoms with Crippen molar-refractivity contribution in [3.63, 3.8) is 0 Å². The lowest BCUT2D eigenvalue weighted by Gasteiger charge is -2.21. The van der Waals surface area contributed by atoms with E-state index >= 15 is 0 Å². The van der Waals surface area contributed by atoms with E-state index in [-0.39, 0.29) is 6.71 Å². The summed E-state index contributed by atoms with van der Waals surface area (Å²) in [4.78, 5) is 0. The second-order valence-corrected chi connectivity index (χ2v) is 8.61. The minimum atomic E-state index is 0.215. The smallest absolute Gasteiger partial charge is 0.0884 e. The molecule has 0 radical (unpaired) electrons. The molecule has 4 rings (SSSR count). The van der Waals surface area contributed by atoms with Gasteiger partial charge in [0.1, 0.15) is 0 Å². The van der Waals surface area contributed by atoms with Gasteiger partial charge in [0.15, 0.2) is 0 Å². The maximum atomic E-state index is 2.46. The van der Waals surface area contributed by atoms with Crippen LogP contribution in [0.1, 0.15) is 31.4 Å². The number of fused-ring (bicyclic) bond motifs is 1. The molecule has 0 atom stereocenters. The standard InChI is InChI=1S/C29H29B/c1-22(2)13-20-29(26-17-16-24-9-7-8-10-25(24)21-26)30(27-11-5-4-6-12-27)28-18-14-23(3)15-19-28/h4-12,14-22H,13H2,1-3H3/b29-20-. The summed E-state index contributed by atoms with van der Waals surface area (Å²) in [6.07, 6.45) is 3.53. The van der Waals surface area contributed by atoms with E-state index in [4.69, 9.17) is 0 Å². The molecule has 0 spiro atoms. The van der Waals surface area contributed by atoms with Gasteiger partial charge in [0, 0.05) is 0 Å². The molecule has 1 heteroatoms. The van der Waals surface area contributed by atoms with Crippen molar-refractivity contribution in [3.05, 3.63) is 114 Å². The Hall–Kier alpha value is -3.06. The zero-order chi connectivity index (χ0) is 20.9. The van der Waals surface area contributed by atoms with Gasteiger partial charge in [-0.2, -0.15) is 0 Å². The summed E-state index contributed by atoms with van der Waals surface area (Å²) in [6.45, 7) is 6.95. The number of hydrogen-bond acceptors (Lipinski definition) is 0. The molecule has 0 aromatic heterocycles. The van der Waals surface area contributed by atoms with Gasteiger partial charge in [-0.1, -0.05) is 133 Å².